The van der Waals surface area contributed by atoms with Crippen molar-refractivity contribution in [3.05, 3.63) is 17.3 Å². The predicted molar refractivity (Wildman–Crippen MR) is 60.2 cm³/mol. The van der Waals surface area contributed by atoms with Crippen LogP contribution in [0.3, 0.4) is 0 Å². The van der Waals surface area contributed by atoms with Crippen LogP contribution in [0.5, 0.6) is 0 Å². The van der Waals surface area contributed by atoms with Crippen molar-refractivity contribution < 1.29 is 0 Å². The molecule has 0 unspecified atom stereocenters. The molecule has 0 saturated carbocycles. The fourth-order valence-corrected chi connectivity index (χ4v) is 1.83. The summed E-state index contributed by atoms with van der Waals surface area (Å²) in [5, 5.41) is 0. The number of hydrogen-bond donors (Lipinski definition) is 0. The van der Waals surface area contributed by atoms with Crippen LogP contribution in [-0.4, -0.2) is 9.97 Å². The number of halogens is 3. The Hall–Kier alpha value is 1.27. The predicted octanol–water partition coefficient (Wildman–Crippen LogP) is 2.29. The quantitative estimate of drug-likeness (QED) is 0.559. The number of nitrogens with zero attached hydrogens (tertiary/aromatic N) is 2. The van der Waals surface area contributed by atoms with E-state index in [2.05, 4.69) is 77.7 Å². The molecule has 9 heavy (non-hydrogen) atoms. The maximum Gasteiger partial charge on any atom is 0.134 e. The highest BCUT2D eigenvalue weighted by Crippen LogP contribution is 2.10. The van der Waals surface area contributed by atoms with Crippen LogP contribution in [0.1, 0.15) is 0 Å². The first-order valence-electron chi connectivity index (χ1n) is 2.03. The second-order valence-electron chi connectivity index (χ2n) is 1.27. The molecule has 0 atom stereocenters. The van der Waals surface area contributed by atoms with E-state index in [0.717, 1.165) is 11.1 Å². The van der Waals surface area contributed by atoms with Crippen LogP contribution in [0.25, 0.3) is 0 Å². The minimum atomic E-state index is 0.942. The molecule has 0 aromatic carbocycles. The Morgan fingerprint density at radius 3 is 2.22 bits per heavy atom. The van der Waals surface area contributed by atoms with E-state index >= 15 is 0 Å². The molecule has 2 nitrogen and oxygen atoms in total. The van der Waals surface area contributed by atoms with Gasteiger partial charge in [-0.25, -0.2) is 9.97 Å². The van der Waals surface area contributed by atoms with Gasteiger partial charge in [0.15, 0.2) is 0 Å². The molecule has 1 heterocycles. The topological polar surface area (TPSA) is 25.8 Å². The highest BCUT2D eigenvalue weighted by atomic mass is 127. The van der Waals surface area contributed by atoms with Gasteiger partial charge in [-0.1, -0.05) is 0 Å². The Morgan fingerprint density at radius 1 is 1.11 bits per heavy atom. The Balaban J connectivity index is 3.17. The molecule has 0 radical (unpaired) electrons. The Morgan fingerprint density at radius 2 is 1.78 bits per heavy atom. The lowest BCUT2D eigenvalue weighted by atomic mass is 10.8. The van der Waals surface area contributed by atoms with Gasteiger partial charge in [-0.05, 0) is 67.8 Å². The van der Waals surface area contributed by atoms with Gasteiger partial charge in [0.05, 0.1) is 6.20 Å². The van der Waals surface area contributed by atoms with Crippen LogP contribution in [0, 0.1) is 11.1 Å². The summed E-state index contributed by atoms with van der Waals surface area (Å²) in [5.74, 6) is 0. The van der Waals surface area contributed by atoms with E-state index in [0.29, 0.717) is 0 Å². The van der Waals surface area contributed by atoms with Crippen LogP contribution in [0.2, 0.25) is 0 Å². The average molecular weight is 458 g/mol. The zero-order valence-electron chi connectivity index (χ0n) is 4.11. The summed E-state index contributed by atoms with van der Waals surface area (Å²) in [6.45, 7) is 0. The van der Waals surface area contributed by atoms with Crippen LogP contribution >= 0.6 is 67.8 Å². The average Bonchev–Trinajstić information content (AvgIpc) is 1.80. The minimum absolute atomic E-state index is 0.942. The van der Waals surface area contributed by atoms with Crippen molar-refractivity contribution >= 4 is 67.8 Å². The minimum Gasteiger partial charge on any atom is -0.245 e. The van der Waals surface area contributed by atoms with E-state index in [9.17, 15) is 0 Å². The molecule has 48 valence electrons. The lowest BCUT2D eigenvalue weighted by Gasteiger charge is -1.92. The summed E-state index contributed by atoms with van der Waals surface area (Å²) in [7, 11) is 0. The van der Waals surface area contributed by atoms with Crippen LogP contribution in [-0.2, 0) is 0 Å². The summed E-state index contributed by atoms with van der Waals surface area (Å²) in [4.78, 5) is 8.26. The largest absolute Gasteiger partial charge is 0.245 e. The highest BCUT2D eigenvalue weighted by molar-refractivity contribution is 14.1. The molecule has 0 N–H and O–H groups in total. The van der Waals surface area contributed by atoms with Crippen molar-refractivity contribution in [2.24, 2.45) is 0 Å². The van der Waals surface area contributed by atoms with Crippen LogP contribution in [0.4, 0.5) is 0 Å². The monoisotopic (exact) mass is 458 g/mol. The van der Waals surface area contributed by atoms with E-state index in [1.807, 2.05) is 0 Å². The molecule has 0 amide bonds. The third-order valence-corrected chi connectivity index (χ3v) is 3.75. The molecule has 0 aliphatic rings. The zero-order chi connectivity index (χ0) is 6.85. The SMILES string of the molecule is Ic1cnc(I)c(I)n1. The Bertz CT molecular complexity index is 225. The van der Waals surface area contributed by atoms with Gasteiger partial charge >= 0.3 is 0 Å². The molecule has 1 aromatic heterocycles. The Labute approximate surface area is 93.7 Å². The van der Waals surface area contributed by atoms with Gasteiger partial charge in [0.2, 0.25) is 0 Å². The van der Waals surface area contributed by atoms with Gasteiger partial charge in [-0.3, -0.25) is 0 Å². The van der Waals surface area contributed by atoms with Gasteiger partial charge in [-0.15, -0.1) is 0 Å². The van der Waals surface area contributed by atoms with Crippen LogP contribution < -0.4 is 0 Å². The zero-order valence-corrected chi connectivity index (χ0v) is 10.6. The molecule has 0 aliphatic carbocycles. The van der Waals surface area contributed by atoms with Crippen molar-refractivity contribution in [2.75, 3.05) is 0 Å². The molecular formula is C4HI3N2. The maximum absolute atomic E-state index is 4.18. The fourth-order valence-electron chi connectivity index (χ4n) is 0.332. The van der Waals surface area contributed by atoms with Crippen molar-refractivity contribution in [2.45, 2.75) is 0 Å². The molecule has 0 saturated heterocycles. The second kappa shape index (κ2) is 3.60. The standard InChI is InChI=1S/C4HI3N2/c5-2-1-8-3(6)4(7)9-2/h1H. The second-order valence-corrected chi connectivity index (χ2v) is 4.42. The van der Waals surface area contributed by atoms with Crippen molar-refractivity contribution in [3.8, 4) is 0 Å². The van der Waals surface area contributed by atoms with Gasteiger partial charge in [-0.2, -0.15) is 0 Å². The third-order valence-electron chi connectivity index (χ3n) is 0.660. The lowest BCUT2D eigenvalue weighted by Crippen LogP contribution is -1.91. The van der Waals surface area contributed by atoms with E-state index in [1.54, 1.807) is 6.20 Å². The number of hydrogen-bond acceptors (Lipinski definition) is 2. The van der Waals surface area contributed by atoms with E-state index in [4.69, 9.17) is 0 Å². The van der Waals surface area contributed by atoms with Crippen molar-refractivity contribution in [3.63, 3.8) is 0 Å². The van der Waals surface area contributed by atoms with E-state index < -0.39 is 0 Å². The summed E-state index contributed by atoms with van der Waals surface area (Å²) in [6, 6.07) is 0. The smallest absolute Gasteiger partial charge is 0.134 e. The van der Waals surface area contributed by atoms with E-state index in [-0.39, 0.29) is 0 Å². The first-order chi connectivity index (χ1) is 4.20. The van der Waals surface area contributed by atoms with Crippen molar-refractivity contribution in [1.82, 2.24) is 9.97 Å². The van der Waals surface area contributed by atoms with Gasteiger partial charge in [0.1, 0.15) is 11.1 Å². The Kier molecular flexibility index (Phi) is 3.35. The number of rotatable bonds is 0. The summed E-state index contributed by atoms with van der Waals surface area (Å²) in [5.41, 5.74) is 0. The van der Waals surface area contributed by atoms with Crippen molar-refractivity contribution in [1.29, 1.82) is 0 Å². The number of aromatic nitrogens is 2. The summed E-state index contributed by atoms with van der Waals surface area (Å²) >= 11 is 6.46. The molecule has 1 aromatic rings. The van der Waals surface area contributed by atoms with E-state index in [1.165, 1.54) is 0 Å². The normalized spacial score (nSPS) is 9.67. The third kappa shape index (κ3) is 2.41. The molecular weight excluding hydrogens is 457 g/mol. The summed E-state index contributed by atoms with van der Waals surface area (Å²) < 4.78 is 2.88. The lowest BCUT2D eigenvalue weighted by molar-refractivity contribution is 1.09. The van der Waals surface area contributed by atoms with Gasteiger partial charge in [0, 0.05) is 0 Å². The first-order valence-corrected chi connectivity index (χ1v) is 5.27. The molecule has 5 heteroatoms. The molecule has 1 rings (SSSR count). The first kappa shape index (κ1) is 8.37. The van der Waals surface area contributed by atoms with Crippen LogP contribution in [0.15, 0.2) is 6.20 Å². The molecule has 0 aliphatic heterocycles. The van der Waals surface area contributed by atoms with Gasteiger partial charge < -0.3 is 0 Å². The summed E-state index contributed by atoms with van der Waals surface area (Å²) in [6.07, 6.45) is 1.75. The molecule has 0 bridgehead atoms. The highest BCUT2D eigenvalue weighted by Gasteiger charge is 1.96. The fraction of sp³-hybridized carbons (Fsp3) is 0. The van der Waals surface area contributed by atoms with Gasteiger partial charge in [0.25, 0.3) is 0 Å². The molecule has 0 fully saturated rings. The maximum atomic E-state index is 4.18. The molecule has 0 spiro atoms.